The molecule has 29 heavy (non-hydrogen) atoms. The zero-order valence-electron chi connectivity index (χ0n) is 16.4. The molecule has 3 rings (SSSR count). The van der Waals surface area contributed by atoms with Crippen LogP contribution in [0, 0.1) is 6.92 Å². The maximum absolute atomic E-state index is 13.0. The van der Waals surface area contributed by atoms with E-state index >= 15 is 0 Å². The van der Waals surface area contributed by atoms with Gasteiger partial charge in [0.05, 0.1) is 34.6 Å². The number of benzene rings is 1. The molecule has 0 saturated heterocycles. The van der Waals surface area contributed by atoms with Gasteiger partial charge in [-0.2, -0.15) is 5.10 Å². The maximum Gasteiger partial charge on any atom is 0.344 e. The lowest BCUT2D eigenvalue weighted by Crippen LogP contribution is -2.25. The van der Waals surface area contributed by atoms with Crippen LogP contribution in [-0.2, 0) is 17.8 Å². The van der Waals surface area contributed by atoms with E-state index in [0.29, 0.717) is 34.4 Å². The molecule has 6 nitrogen and oxygen atoms in total. The molecule has 0 bridgehead atoms. The summed E-state index contributed by atoms with van der Waals surface area (Å²) in [5.41, 5.74) is 2.23. The summed E-state index contributed by atoms with van der Waals surface area (Å²) in [5, 5.41) is 5.12. The Kier molecular flexibility index (Phi) is 6.45. The Morgan fingerprint density at radius 3 is 2.48 bits per heavy atom. The Labute approximate surface area is 178 Å². The average Bonchev–Trinajstić information content (AvgIpc) is 3.08. The molecular weight excluding hydrogens is 413 g/mol. The number of esters is 1. The van der Waals surface area contributed by atoms with E-state index in [1.807, 2.05) is 30.7 Å². The zero-order chi connectivity index (χ0) is 21.1. The predicted octanol–water partition coefficient (Wildman–Crippen LogP) is 4.57. The summed E-state index contributed by atoms with van der Waals surface area (Å²) < 4.78 is 8.81. The lowest BCUT2D eigenvalue weighted by molar-refractivity contribution is 0.0525. The standard InChI is InChI=1S/C21H21Cl2N3O3/c1-4-26-15(12-25-9-8-13(3)24-25)11-18(27)19(21(28)29-5-2)20(26)14-6-7-16(22)17(23)10-14/h6-11H,4-5,12H2,1-3H3. The third-order valence-electron chi connectivity index (χ3n) is 4.48. The minimum atomic E-state index is -0.665. The highest BCUT2D eigenvalue weighted by Crippen LogP contribution is 2.31. The van der Waals surface area contributed by atoms with E-state index in [0.717, 1.165) is 11.4 Å². The van der Waals surface area contributed by atoms with Crippen LogP contribution in [0.3, 0.4) is 0 Å². The van der Waals surface area contributed by atoms with Gasteiger partial charge < -0.3 is 9.30 Å². The first-order valence-corrected chi connectivity index (χ1v) is 10.0. The molecule has 0 aliphatic rings. The Balaban J connectivity index is 2.28. The molecule has 0 fully saturated rings. The Morgan fingerprint density at radius 2 is 1.90 bits per heavy atom. The average molecular weight is 434 g/mol. The Hall–Kier alpha value is -2.57. The van der Waals surface area contributed by atoms with Crippen LogP contribution in [0.25, 0.3) is 11.3 Å². The molecule has 152 valence electrons. The van der Waals surface area contributed by atoms with E-state index in [1.54, 1.807) is 29.8 Å². The number of nitrogens with zero attached hydrogens (tertiary/aromatic N) is 3. The largest absolute Gasteiger partial charge is 0.462 e. The molecule has 2 aromatic heterocycles. The van der Waals surface area contributed by atoms with E-state index in [1.165, 1.54) is 6.07 Å². The quantitative estimate of drug-likeness (QED) is 0.533. The molecule has 0 unspecified atom stereocenters. The van der Waals surface area contributed by atoms with Crippen molar-refractivity contribution in [1.29, 1.82) is 0 Å². The van der Waals surface area contributed by atoms with Crippen molar-refractivity contribution in [2.75, 3.05) is 6.61 Å². The number of halogens is 2. The molecule has 0 radical (unpaired) electrons. The fraction of sp³-hybridized carbons (Fsp3) is 0.286. The Bertz CT molecular complexity index is 1120. The highest BCUT2D eigenvalue weighted by atomic mass is 35.5. The fourth-order valence-electron chi connectivity index (χ4n) is 3.25. The minimum absolute atomic E-state index is 0.0208. The molecule has 8 heteroatoms. The van der Waals surface area contributed by atoms with Gasteiger partial charge in [-0.1, -0.05) is 29.3 Å². The molecule has 0 atom stereocenters. The molecule has 0 aliphatic heterocycles. The lowest BCUT2D eigenvalue weighted by atomic mass is 10.0. The van der Waals surface area contributed by atoms with Crippen LogP contribution in [0.5, 0.6) is 0 Å². The number of hydrogen-bond acceptors (Lipinski definition) is 4. The summed E-state index contributed by atoms with van der Waals surface area (Å²) in [6.07, 6.45) is 1.85. The molecule has 2 heterocycles. The van der Waals surface area contributed by atoms with Crippen molar-refractivity contribution >= 4 is 29.2 Å². The third-order valence-corrected chi connectivity index (χ3v) is 5.22. The summed E-state index contributed by atoms with van der Waals surface area (Å²) in [7, 11) is 0. The van der Waals surface area contributed by atoms with Gasteiger partial charge in [-0.3, -0.25) is 9.48 Å². The van der Waals surface area contributed by atoms with Crippen LogP contribution in [0.1, 0.15) is 35.6 Å². The van der Waals surface area contributed by atoms with Crippen LogP contribution in [-0.4, -0.2) is 26.9 Å². The molecule has 3 aromatic rings. The number of ether oxygens (including phenoxy) is 1. The summed E-state index contributed by atoms with van der Waals surface area (Å²) in [5.74, 6) is -0.665. The third kappa shape index (κ3) is 4.38. The monoisotopic (exact) mass is 433 g/mol. The van der Waals surface area contributed by atoms with Crippen molar-refractivity contribution in [1.82, 2.24) is 14.3 Å². The van der Waals surface area contributed by atoms with Gasteiger partial charge >= 0.3 is 5.97 Å². The summed E-state index contributed by atoms with van der Waals surface area (Å²) in [4.78, 5) is 25.6. The van der Waals surface area contributed by atoms with Crippen LogP contribution in [0.4, 0.5) is 0 Å². The molecule has 0 saturated carbocycles. The highest BCUT2D eigenvalue weighted by molar-refractivity contribution is 6.42. The van der Waals surface area contributed by atoms with E-state index < -0.39 is 11.4 Å². The highest BCUT2D eigenvalue weighted by Gasteiger charge is 2.24. The number of rotatable bonds is 6. The molecular formula is C21H21Cl2N3O3. The first-order valence-electron chi connectivity index (χ1n) is 9.25. The van der Waals surface area contributed by atoms with Crippen molar-refractivity contribution < 1.29 is 9.53 Å². The van der Waals surface area contributed by atoms with Gasteiger partial charge in [0.15, 0.2) is 5.43 Å². The van der Waals surface area contributed by atoms with Crippen molar-refractivity contribution in [2.24, 2.45) is 0 Å². The molecule has 0 spiro atoms. The number of pyridine rings is 1. The first-order chi connectivity index (χ1) is 13.8. The summed E-state index contributed by atoms with van der Waals surface area (Å²) >= 11 is 12.3. The van der Waals surface area contributed by atoms with Gasteiger partial charge in [0.1, 0.15) is 5.56 Å². The predicted molar refractivity (Wildman–Crippen MR) is 114 cm³/mol. The van der Waals surface area contributed by atoms with E-state index in [-0.39, 0.29) is 12.2 Å². The SMILES string of the molecule is CCOC(=O)c1c(-c2ccc(Cl)c(Cl)c2)n(CC)c(Cn2ccc(C)n2)cc1=O. The second-order valence-corrected chi connectivity index (χ2v) is 7.29. The van der Waals surface area contributed by atoms with Gasteiger partial charge in [-0.05, 0) is 39.0 Å². The van der Waals surface area contributed by atoms with Gasteiger partial charge in [0.2, 0.25) is 0 Å². The normalized spacial score (nSPS) is 10.9. The van der Waals surface area contributed by atoms with Gasteiger partial charge in [0, 0.05) is 30.1 Å². The second kappa shape index (κ2) is 8.84. The summed E-state index contributed by atoms with van der Waals surface area (Å²) in [6.45, 7) is 6.61. The van der Waals surface area contributed by atoms with Crippen molar-refractivity contribution in [3.63, 3.8) is 0 Å². The van der Waals surface area contributed by atoms with E-state index in [9.17, 15) is 9.59 Å². The van der Waals surface area contributed by atoms with Crippen LogP contribution in [0.15, 0.2) is 41.3 Å². The number of carbonyl (C=O) groups excluding carboxylic acids is 1. The Morgan fingerprint density at radius 1 is 1.14 bits per heavy atom. The number of hydrogen-bond donors (Lipinski definition) is 0. The lowest BCUT2D eigenvalue weighted by Gasteiger charge is -2.20. The molecule has 1 aromatic carbocycles. The van der Waals surface area contributed by atoms with Crippen LogP contribution >= 0.6 is 23.2 Å². The van der Waals surface area contributed by atoms with Gasteiger partial charge in [0.25, 0.3) is 0 Å². The number of carbonyl (C=O) groups is 1. The van der Waals surface area contributed by atoms with Crippen molar-refractivity contribution in [3.05, 3.63) is 73.7 Å². The van der Waals surface area contributed by atoms with Crippen molar-refractivity contribution in [2.45, 2.75) is 33.9 Å². The minimum Gasteiger partial charge on any atom is -0.462 e. The van der Waals surface area contributed by atoms with Crippen LogP contribution in [0.2, 0.25) is 10.0 Å². The van der Waals surface area contributed by atoms with Gasteiger partial charge in [-0.15, -0.1) is 0 Å². The fourth-order valence-corrected chi connectivity index (χ4v) is 3.55. The topological polar surface area (TPSA) is 66.1 Å². The van der Waals surface area contributed by atoms with Gasteiger partial charge in [-0.25, -0.2) is 4.79 Å². The smallest absolute Gasteiger partial charge is 0.344 e. The number of aromatic nitrogens is 3. The molecule has 0 amide bonds. The zero-order valence-corrected chi connectivity index (χ0v) is 17.9. The molecule has 0 N–H and O–H groups in total. The van der Waals surface area contributed by atoms with Crippen LogP contribution < -0.4 is 5.43 Å². The first kappa shape index (κ1) is 21.1. The maximum atomic E-state index is 13.0. The van der Waals surface area contributed by atoms with Crippen molar-refractivity contribution in [3.8, 4) is 11.3 Å². The second-order valence-electron chi connectivity index (χ2n) is 6.47. The van der Waals surface area contributed by atoms with E-state index in [2.05, 4.69) is 5.10 Å². The van der Waals surface area contributed by atoms with E-state index in [4.69, 9.17) is 27.9 Å². The number of aryl methyl sites for hydroxylation is 1. The molecule has 0 aliphatic carbocycles. The summed E-state index contributed by atoms with van der Waals surface area (Å²) in [6, 6.07) is 8.38.